The number of benzene rings is 1. The third kappa shape index (κ3) is 5.72. The lowest BCUT2D eigenvalue weighted by molar-refractivity contribution is 0.144. The first-order valence-electron chi connectivity index (χ1n) is 6.91. The lowest BCUT2D eigenvalue weighted by Crippen LogP contribution is -2.13. The highest BCUT2D eigenvalue weighted by Gasteiger charge is 2.14. The van der Waals surface area contributed by atoms with Gasteiger partial charge in [-0.3, -0.25) is 0 Å². The molecule has 0 saturated heterocycles. The predicted molar refractivity (Wildman–Crippen MR) is 78.2 cm³/mol. The van der Waals surface area contributed by atoms with Gasteiger partial charge in [0.05, 0.1) is 28.9 Å². The Kier molecular flexibility index (Phi) is 7.27. The average molecular weight is 295 g/mol. The molecule has 0 aliphatic rings. The Bertz CT molecular complexity index is 546. The van der Waals surface area contributed by atoms with E-state index in [2.05, 4.69) is 6.92 Å². The molecule has 0 N–H and O–H groups in total. The Hall–Kier alpha value is -1.38. The molecule has 0 aliphatic carbocycles. The Morgan fingerprint density at radius 1 is 1.20 bits per heavy atom. The summed E-state index contributed by atoms with van der Waals surface area (Å²) >= 11 is 0. The van der Waals surface area contributed by atoms with E-state index < -0.39 is 9.84 Å². The molecule has 0 radical (unpaired) electrons. The van der Waals surface area contributed by atoms with Gasteiger partial charge in [0.1, 0.15) is 0 Å². The molecule has 0 amide bonds. The minimum Gasteiger partial charge on any atom is -0.380 e. The van der Waals surface area contributed by atoms with Crippen LogP contribution in [-0.2, 0) is 14.6 Å². The molecule has 0 spiro atoms. The second-order valence-corrected chi connectivity index (χ2v) is 6.74. The summed E-state index contributed by atoms with van der Waals surface area (Å²) in [6.07, 6.45) is 4.44. The number of hydrogen-bond acceptors (Lipinski definition) is 4. The molecule has 0 heterocycles. The van der Waals surface area contributed by atoms with Crippen molar-refractivity contribution in [1.29, 1.82) is 5.26 Å². The fraction of sp³-hybridized carbons (Fsp3) is 0.533. The van der Waals surface area contributed by atoms with E-state index in [0.717, 1.165) is 12.8 Å². The van der Waals surface area contributed by atoms with Gasteiger partial charge >= 0.3 is 0 Å². The zero-order valence-electron chi connectivity index (χ0n) is 11.8. The lowest BCUT2D eigenvalue weighted by Gasteiger charge is -2.06. The summed E-state index contributed by atoms with van der Waals surface area (Å²) in [6, 6.07) is 8.02. The summed E-state index contributed by atoms with van der Waals surface area (Å²) in [6.45, 7) is 2.95. The number of nitriles is 1. The normalized spacial score (nSPS) is 11.2. The van der Waals surface area contributed by atoms with Crippen molar-refractivity contribution in [3.8, 4) is 6.07 Å². The lowest BCUT2D eigenvalue weighted by atomic mass is 10.2. The molecule has 1 rings (SSSR count). The number of hydrogen-bond donors (Lipinski definition) is 0. The molecule has 110 valence electrons. The van der Waals surface area contributed by atoms with Crippen molar-refractivity contribution < 1.29 is 13.2 Å². The standard InChI is InChI=1S/C15H21NO3S/c1-2-3-4-5-9-19-10-11-20(17,18)15-8-6-7-14(12-15)13-16/h6-8,12H,2-5,9-11H2,1H3. The number of nitrogens with zero attached hydrogens (tertiary/aromatic N) is 1. The van der Waals surface area contributed by atoms with E-state index in [4.69, 9.17) is 10.00 Å². The third-order valence-electron chi connectivity index (χ3n) is 2.96. The third-order valence-corrected chi connectivity index (χ3v) is 4.64. The topological polar surface area (TPSA) is 67.2 Å². The maximum Gasteiger partial charge on any atom is 0.180 e. The average Bonchev–Trinajstić information content (AvgIpc) is 2.46. The monoisotopic (exact) mass is 295 g/mol. The molecule has 4 nitrogen and oxygen atoms in total. The highest BCUT2D eigenvalue weighted by atomic mass is 32.2. The zero-order valence-corrected chi connectivity index (χ0v) is 12.7. The number of ether oxygens (including phenoxy) is 1. The maximum atomic E-state index is 12.0. The SMILES string of the molecule is CCCCCCOCCS(=O)(=O)c1cccc(C#N)c1. The van der Waals surface area contributed by atoms with Crippen LogP contribution in [-0.4, -0.2) is 27.4 Å². The van der Waals surface area contributed by atoms with Gasteiger partial charge in [0, 0.05) is 6.61 Å². The van der Waals surface area contributed by atoms with E-state index >= 15 is 0 Å². The van der Waals surface area contributed by atoms with Crippen molar-refractivity contribution in [1.82, 2.24) is 0 Å². The smallest absolute Gasteiger partial charge is 0.180 e. The second-order valence-electron chi connectivity index (χ2n) is 4.63. The van der Waals surface area contributed by atoms with Gasteiger partial charge < -0.3 is 4.74 Å². The van der Waals surface area contributed by atoms with Crippen LogP contribution in [0.1, 0.15) is 38.2 Å². The van der Waals surface area contributed by atoms with Crippen LogP contribution < -0.4 is 0 Å². The van der Waals surface area contributed by atoms with Crippen LogP contribution >= 0.6 is 0 Å². The van der Waals surface area contributed by atoms with Gasteiger partial charge in [0.15, 0.2) is 9.84 Å². The molecule has 5 heteroatoms. The number of rotatable bonds is 9. The maximum absolute atomic E-state index is 12.0. The Labute approximate surface area is 121 Å². The van der Waals surface area contributed by atoms with Crippen LogP contribution in [0.15, 0.2) is 29.2 Å². The van der Waals surface area contributed by atoms with Crippen LogP contribution in [0.4, 0.5) is 0 Å². The molecule has 1 aromatic carbocycles. The minimum atomic E-state index is -3.37. The summed E-state index contributed by atoms with van der Waals surface area (Å²) in [5, 5.41) is 8.78. The zero-order chi connectivity index (χ0) is 14.8. The molecule has 0 unspecified atom stereocenters. The van der Waals surface area contributed by atoms with Crippen molar-refractivity contribution in [2.75, 3.05) is 19.0 Å². The first kappa shape index (κ1) is 16.7. The first-order valence-corrected chi connectivity index (χ1v) is 8.56. The summed E-state index contributed by atoms with van der Waals surface area (Å²) in [7, 11) is -3.37. The fourth-order valence-electron chi connectivity index (χ4n) is 1.78. The van der Waals surface area contributed by atoms with Gasteiger partial charge in [0.25, 0.3) is 0 Å². The molecule has 0 aliphatic heterocycles. The first-order chi connectivity index (χ1) is 9.60. The van der Waals surface area contributed by atoms with Crippen LogP contribution in [0.3, 0.4) is 0 Å². The minimum absolute atomic E-state index is 0.0460. The molecular weight excluding hydrogens is 274 g/mol. The molecular formula is C15H21NO3S. The van der Waals surface area contributed by atoms with Crippen LogP contribution in [0, 0.1) is 11.3 Å². The van der Waals surface area contributed by atoms with Crippen LogP contribution in [0.5, 0.6) is 0 Å². The van der Waals surface area contributed by atoms with E-state index in [1.54, 1.807) is 12.1 Å². The second kappa shape index (κ2) is 8.72. The molecule has 1 aromatic rings. The van der Waals surface area contributed by atoms with Crippen molar-refractivity contribution in [2.45, 2.75) is 37.5 Å². The Morgan fingerprint density at radius 2 is 2.00 bits per heavy atom. The van der Waals surface area contributed by atoms with Crippen molar-refractivity contribution in [3.63, 3.8) is 0 Å². The number of sulfone groups is 1. The quantitative estimate of drug-likeness (QED) is 0.657. The molecule has 0 aromatic heterocycles. The van der Waals surface area contributed by atoms with E-state index in [1.165, 1.54) is 25.0 Å². The van der Waals surface area contributed by atoms with Crippen molar-refractivity contribution >= 4 is 9.84 Å². The van der Waals surface area contributed by atoms with Gasteiger partial charge in [-0.05, 0) is 24.6 Å². The van der Waals surface area contributed by atoms with Crippen molar-refractivity contribution in [3.05, 3.63) is 29.8 Å². The summed E-state index contributed by atoms with van der Waals surface area (Å²) < 4.78 is 29.4. The summed E-state index contributed by atoms with van der Waals surface area (Å²) in [4.78, 5) is 0.186. The molecule has 0 atom stereocenters. The van der Waals surface area contributed by atoms with E-state index in [1.807, 2.05) is 6.07 Å². The van der Waals surface area contributed by atoms with Gasteiger partial charge in [-0.1, -0.05) is 32.3 Å². The van der Waals surface area contributed by atoms with Crippen molar-refractivity contribution in [2.24, 2.45) is 0 Å². The number of unbranched alkanes of at least 4 members (excludes halogenated alkanes) is 3. The van der Waals surface area contributed by atoms with Crippen LogP contribution in [0.2, 0.25) is 0 Å². The fourth-order valence-corrected chi connectivity index (χ4v) is 2.94. The highest BCUT2D eigenvalue weighted by molar-refractivity contribution is 7.91. The molecule has 0 bridgehead atoms. The van der Waals surface area contributed by atoms with E-state index in [9.17, 15) is 8.42 Å². The largest absolute Gasteiger partial charge is 0.380 e. The predicted octanol–water partition coefficient (Wildman–Crippen LogP) is 2.93. The van der Waals surface area contributed by atoms with Crippen LogP contribution in [0.25, 0.3) is 0 Å². The van der Waals surface area contributed by atoms with E-state index in [0.29, 0.717) is 12.2 Å². The Balaban J connectivity index is 2.40. The molecule has 0 fully saturated rings. The van der Waals surface area contributed by atoms with Gasteiger partial charge in [-0.25, -0.2) is 8.42 Å². The molecule has 0 saturated carbocycles. The van der Waals surface area contributed by atoms with Gasteiger partial charge in [-0.2, -0.15) is 5.26 Å². The van der Waals surface area contributed by atoms with E-state index in [-0.39, 0.29) is 17.3 Å². The van der Waals surface area contributed by atoms with Gasteiger partial charge in [-0.15, -0.1) is 0 Å². The summed E-state index contributed by atoms with van der Waals surface area (Å²) in [5.41, 5.74) is 0.353. The highest BCUT2D eigenvalue weighted by Crippen LogP contribution is 2.13. The summed E-state index contributed by atoms with van der Waals surface area (Å²) in [5.74, 6) is -0.0460. The molecule has 20 heavy (non-hydrogen) atoms. The van der Waals surface area contributed by atoms with Gasteiger partial charge in [0.2, 0.25) is 0 Å². The Morgan fingerprint density at radius 3 is 2.70 bits per heavy atom.